The van der Waals surface area contributed by atoms with Crippen LogP contribution in [0.3, 0.4) is 0 Å². The number of carbonyl (C=O) groups excluding carboxylic acids is 1. The highest BCUT2D eigenvalue weighted by Gasteiger charge is 2.39. The number of benzene rings is 1. The summed E-state index contributed by atoms with van der Waals surface area (Å²) in [6, 6.07) is 4.12. The molecule has 29 heavy (non-hydrogen) atoms. The smallest absolute Gasteiger partial charge is 0.410 e. The van der Waals surface area contributed by atoms with Crippen molar-refractivity contribution >= 4 is 72.9 Å². The summed E-state index contributed by atoms with van der Waals surface area (Å²) >= 11 is 12.1. The molecule has 3 rings (SSSR count). The maximum atomic E-state index is 12.6. The van der Waals surface area contributed by atoms with Gasteiger partial charge in [-0.05, 0) is 103 Å². The van der Waals surface area contributed by atoms with E-state index in [9.17, 15) is 4.79 Å². The molecule has 6 nitrogen and oxygen atoms in total. The molecule has 0 radical (unpaired) electrons. The van der Waals surface area contributed by atoms with Crippen molar-refractivity contribution in [1.29, 1.82) is 0 Å². The van der Waals surface area contributed by atoms with Crippen LogP contribution in [0.4, 0.5) is 10.6 Å². The molecule has 0 unspecified atom stereocenters. The largest absolute Gasteiger partial charge is 0.444 e. The summed E-state index contributed by atoms with van der Waals surface area (Å²) in [7, 11) is 0. The Bertz CT molecular complexity index is 937. The van der Waals surface area contributed by atoms with Gasteiger partial charge in [0.05, 0.1) is 21.2 Å². The highest BCUT2D eigenvalue weighted by Crippen LogP contribution is 2.35. The average Bonchev–Trinajstić information content (AvgIpc) is 2.99. The van der Waals surface area contributed by atoms with Crippen molar-refractivity contribution in [3.05, 3.63) is 25.5 Å². The van der Waals surface area contributed by atoms with Gasteiger partial charge in [-0.3, -0.25) is 0 Å². The molecule has 1 aromatic heterocycles. The second-order valence-corrected chi connectivity index (χ2v) is 10.4. The fourth-order valence-corrected chi connectivity index (χ4v) is 4.85. The number of hydrogen-bond acceptors (Lipinski definition) is 5. The number of likely N-dealkylation sites (N-methyl/N-ethyl adjacent to an activating group) is 1. The first-order chi connectivity index (χ1) is 13.5. The number of anilines is 1. The summed E-state index contributed by atoms with van der Waals surface area (Å²) in [4.78, 5) is 25.7. The topological polar surface area (TPSA) is 58.6 Å². The third kappa shape index (κ3) is 4.74. The summed E-state index contributed by atoms with van der Waals surface area (Å²) < 4.78 is 7.56. The molecule has 158 valence electrons. The van der Waals surface area contributed by atoms with Crippen LogP contribution in [-0.4, -0.2) is 51.7 Å². The Labute approximate surface area is 198 Å². The van der Waals surface area contributed by atoms with Gasteiger partial charge in [0.1, 0.15) is 11.4 Å². The van der Waals surface area contributed by atoms with Gasteiger partial charge in [0.15, 0.2) is 0 Å². The molecule has 2 heterocycles. The van der Waals surface area contributed by atoms with Crippen molar-refractivity contribution in [3.8, 4) is 0 Å². The molecule has 0 spiro atoms. The lowest BCUT2D eigenvalue weighted by Crippen LogP contribution is -2.47. The molecule has 1 aliphatic heterocycles. The van der Waals surface area contributed by atoms with E-state index in [1.165, 1.54) is 0 Å². The second kappa shape index (κ2) is 8.70. The molecule has 0 saturated carbocycles. The molecule has 0 bridgehead atoms. The minimum atomic E-state index is -0.514. The Kier molecular flexibility index (Phi) is 6.85. The van der Waals surface area contributed by atoms with Crippen LogP contribution in [0, 0.1) is 3.57 Å². The first kappa shape index (κ1) is 22.8. The molecule has 1 amide bonds. The SMILES string of the molecule is CCN(c1nc(Cl)nc2c(I)c(Br)ccc12)[C@@H]1CCN(C(=O)OC(C)(C)C)[C@@H]1C. The van der Waals surface area contributed by atoms with Crippen LogP contribution in [0.5, 0.6) is 0 Å². The summed E-state index contributed by atoms with van der Waals surface area (Å²) in [5.74, 6) is 0.802. The highest BCUT2D eigenvalue weighted by atomic mass is 127. The van der Waals surface area contributed by atoms with E-state index in [0.29, 0.717) is 6.54 Å². The summed E-state index contributed by atoms with van der Waals surface area (Å²) in [5, 5.41) is 1.17. The Hall–Kier alpha value is -0.870. The van der Waals surface area contributed by atoms with E-state index in [4.69, 9.17) is 16.3 Å². The minimum Gasteiger partial charge on any atom is -0.444 e. The van der Waals surface area contributed by atoms with Gasteiger partial charge in [-0.2, -0.15) is 4.98 Å². The molecule has 2 aromatic rings. The Balaban J connectivity index is 1.97. The van der Waals surface area contributed by atoms with Crippen LogP contribution in [0.2, 0.25) is 5.28 Å². The van der Waals surface area contributed by atoms with Gasteiger partial charge < -0.3 is 14.5 Å². The first-order valence-corrected chi connectivity index (χ1v) is 11.9. The van der Waals surface area contributed by atoms with E-state index >= 15 is 0 Å². The molecule has 1 aliphatic rings. The number of ether oxygens (including phenoxy) is 1. The Morgan fingerprint density at radius 3 is 2.72 bits per heavy atom. The summed E-state index contributed by atoms with van der Waals surface area (Å²) in [6.45, 7) is 11.2. The van der Waals surface area contributed by atoms with Gasteiger partial charge in [-0.1, -0.05) is 0 Å². The Morgan fingerprint density at radius 1 is 1.41 bits per heavy atom. The van der Waals surface area contributed by atoms with Crippen LogP contribution >= 0.6 is 50.1 Å². The number of rotatable bonds is 3. The predicted octanol–water partition coefficient (Wildman–Crippen LogP) is 5.87. The zero-order valence-electron chi connectivity index (χ0n) is 17.2. The number of aromatic nitrogens is 2. The van der Waals surface area contributed by atoms with E-state index in [-0.39, 0.29) is 23.5 Å². The van der Waals surface area contributed by atoms with Crippen LogP contribution in [-0.2, 0) is 4.74 Å². The lowest BCUT2D eigenvalue weighted by Gasteiger charge is -2.34. The van der Waals surface area contributed by atoms with Gasteiger partial charge in [0.25, 0.3) is 0 Å². The molecule has 0 aliphatic carbocycles. The standard InChI is InChI=1S/C20H25BrClIN4O2/c1-6-26(14-9-10-27(11(14)2)19(28)29-20(3,4)5)17-12-7-8-13(21)15(23)16(12)24-18(22)25-17/h7-8,11,14H,6,9-10H2,1-5H3/t11-,14-/m1/s1. The van der Waals surface area contributed by atoms with Crippen molar-refractivity contribution in [2.75, 3.05) is 18.0 Å². The molecule has 2 atom stereocenters. The Morgan fingerprint density at radius 2 is 2.10 bits per heavy atom. The van der Waals surface area contributed by atoms with Gasteiger partial charge in [-0.25, -0.2) is 9.78 Å². The summed E-state index contributed by atoms with van der Waals surface area (Å²) in [5.41, 5.74) is 0.308. The molecule has 1 aromatic carbocycles. The van der Waals surface area contributed by atoms with Gasteiger partial charge in [-0.15, -0.1) is 0 Å². The zero-order chi connectivity index (χ0) is 21.5. The maximum Gasteiger partial charge on any atom is 0.410 e. The van der Waals surface area contributed by atoms with Crippen LogP contribution in [0.25, 0.3) is 10.9 Å². The fourth-order valence-electron chi connectivity index (χ4n) is 3.77. The van der Waals surface area contributed by atoms with Crippen molar-refractivity contribution in [1.82, 2.24) is 14.9 Å². The van der Waals surface area contributed by atoms with Crippen molar-refractivity contribution < 1.29 is 9.53 Å². The maximum absolute atomic E-state index is 12.6. The van der Waals surface area contributed by atoms with Gasteiger partial charge >= 0.3 is 6.09 Å². The second-order valence-electron chi connectivity index (χ2n) is 8.13. The van der Waals surface area contributed by atoms with Crippen LogP contribution in [0.15, 0.2) is 16.6 Å². The molecule has 0 N–H and O–H groups in total. The number of carbonyl (C=O) groups is 1. The molecule has 1 saturated heterocycles. The van der Waals surface area contributed by atoms with Crippen LogP contribution < -0.4 is 4.90 Å². The van der Waals surface area contributed by atoms with Crippen LogP contribution in [0.1, 0.15) is 41.0 Å². The molecule has 9 heteroatoms. The number of fused-ring (bicyclic) bond motifs is 1. The third-order valence-corrected chi connectivity index (χ3v) is 7.73. The first-order valence-electron chi connectivity index (χ1n) is 9.61. The molecular weight excluding hydrogens is 571 g/mol. The number of likely N-dealkylation sites (tertiary alicyclic amines) is 1. The molecule has 1 fully saturated rings. The van der Waals surface area contributed by atoms with Gasteiger partial charge in [0.2, 0.25) is 5.28 Å². The van der Waals surface area contributed by atoms with E-state index in [0.717, 1.165) is 37.7 Å². The number of amides is 1. The van der Waals surface area contributed by atoms with E-state index < -0.39 is 5.60 Å². The quantitative estimate of drug-likeness (QED) is 0.328. The molecular formula is C20H25BrClIN4O2. The van der Waals surface area contributed by atoms with E-state index in [1.54, 1.807) is 0 Å². The van der Waals surface area contributed by atoms with Crippen molar-refractivity contribution in [2.24, 2.45) is 0 Å². The highest BCUT2D eigenvalue weighted by molar-refractivity contribution is 14.1. The van der Waals surface area contributed by atoms with E-state index in [2.05, 4.69) is 67.2 Å². The monoisotopic (exact) mass is 594 g/mol. The number of hydrogen-bond donors (Lipinski definition) is 0. The summed E-state index contributed by atoms with van der Waals surface area (Å²) in [6.07, 6.45) is 0.568. The normalized spacial score (nSPS) is 19.7. The predicted molar refractivity (Wildman–Crippen MR) is 129 cm³/mol. The zero-order valence-corrected chi connectivity index (χ0v) is 21.7. The number of nitrogens with zero attached hydrogens (tertiary/aromatic N) is 4. The average molecular weight is 596 g/mol. The van der Waals surface area contributed by atoms with Gasteiger partial charge in [0, 0.05) is 22.9 Å². The minimum absolute atomic E-state index is 0.0110. The van der Waals surface area contributed by atoms with Crippen molar-refractivity contribution in [2.45, 2.75) is 58.7 Å². The number of halogens is 3. The fraction of sp³-hybridized carbons (Fsp3) is 0.550. The lowest BCUT2D eigenvalue weighted by atomic mass is 10.1. The van der Waals surface area contributed by atoms with Crippen molar-refractivity contribution in [3.63, 3.8) is 0 Å². The van der Waals surface area contributed by atoms with E-state index in [1.807, 2.05) is 37.8 Å². The third-order valence-electron chi connectivity index (χ3n) is 5.07. The lowest BCUT2D eigenvalue weighted by molar-refractivity contribution is 0.0233.